The van der Waals surface area contributed by atoms with Crippen molar-refractivity contribution in [2.75, 3.05) is 32.1 Å². The molecule has 3 N–H and O–H groups in total. The molecular weight excluding hydrogens is 254 g/mol. The summed E-state index contributed by atoms with van der Waals surface area (Å²) in [5, 5.41) is 2.93. The van der Waals surface area contributed by atoms with E-state index in [9.17, 15) is 4.79 Å². The summed E-state index contributed by atoms with van der Waals surface area (Å²) in [6.45, 7) is 6.57. The van der Waals surface area contributed by atoms with E-state index in [1.54, 1.807) is 7.11 Å². The average Bonchev–Trinajstić information content (AvgIpc) is 2.47. The van der Waals surface area contributed by atoms with Crippen molar-refractivity contribution in [3.63, 3.8) is 0 Å². The van der Waals surface area contributed by atoms with Crippen LogP contribution >= 0.6 is 0 Å². The van der Waals surface area contributed by atoms with Gasteiger partial charge in [0.2, 0.25) is 5.91 Å². The minimum atomic E-state index is -0.198. The van der Waals surface area contributed by atoms with E-state index in [1.807, 2.05) is 38.1 Å². The van der Waals surface area contributed by atoms with Crippen LogP contribution in [0.2, 0.25) is 0 Å². The zero-order valence-electron chi connectivity index (χ0n) is 12.6. The molecule has 1 aromatic rings. The zero-order valence-corrected chi connectivity index (χ0v) is 12.6. The van der Waals surface area contributed by atoms with Gasteiger partial charge < -0.3 is 15.8 Å². The molecule has 0 saturated carbocycles. The van der Waals surface area contributed by atoms with Gasteiger partial charge in [0.05, 0.1) is 12.6 Å². The lowest BCUT2D eigenvalue weighted by atomic mass is 10.2. The number of hydrogen-bond donors (Lipinski definition) is 2. The Labute approximate surface area is 121 Å². The molecule has 1 aromatic carbocycles. The number of hydrogen-bond acceptors (Lipinski definition) is 4. The normalized spacial score (nSPS) is 12.4. The van der Waals surface area contributed by atoms with Gasteiger partial charge >= 0.3 is 0 Å². The van der Waals surface area contributed by atoms with Crippen molar-refractivity contribution >= 4 is 11.6 Å². The summed E-state index contributed by atoms with van der Waals surface area (Å²) in [4.78, 5) is 14.3. The minimum absolute atomic E-state index is 0.0166. The van der Waals surface area contributed by atoms with Gasteiger partial charge in [-0.25, -0.2) is 0 Å². The Morgan fingerprint density at radius 2 is 2.25 bits per heavy atom. The van der Waals surface area contributed by atoms with Gasteiger partial charge in [-0.2, -0.15) is 0 Å². The highest BCUT2D eigenvalue weighted by atomic mass is 16.5. The van der Waals surface area contributed by atoms with Crippen LogP contribution in [0.5, 0.6) is 0 Å². The van der Waals surface area contributed by atoms with Crippen LogP contribution in [0, 0.1) is 0 Å². The van der Waals surface area contributed by atoms with Crippen molar-refractivity contribution in [3.8, 4) is 0 Å². The lowest BCUT2D eigenvalue weighted by Gasteiger charge is -2.26. The fourth-order valence-electron chi connectivity index (χ4n) is 2.02. The number of amides is 1. The van der Waals surface area contributed by atoms with Crippen LogP contribution in [0.25, 0.3) is 0 Å². The van der Waals surface area contributed by atoms with Crippen LogP contribution in [0.4, 0.5) is 5.69 Å². The Kier molecular flexibility index (Phi) is 7.22. The lowest BCUT2D eigenvalue weighted by Crippen LogP contribution is -2.43. The SMILES string of the molecule is CCN(CCOC)C(C)C(=O)Nc1cccc(CN)c1. The smallest absolute Gasteiger partial charge is 0.241 e. The van der Waals surface area contributed by atoms with Gasteiger partial charge in [0.1, 0.15) is 0 Å². The van der Waals surface area contributed by atoms with E-state index in [-0.39, 0.29) is 11.9 Å². The van der Waals surface area contributed by atoms with E-state index >= 15 is 0 Å². The molecule has 112 valence electrons. The van der Waals surface area contributed by atoms with Crippen molar-refractivity contribution in [1.82, 2.24) is 4.90 Å². The molecule has 20 heavy (non-hydrogen) atoms. The molecule has 0 saturated heterocycles. The Morgan fingerprint density at radius 3 is 2.85 bits per heavy atom. The summed E-state index contributed by atoms with van der Waals surface area (Å²) in [7, 11) is 1.66. The number of methoxy groups -OCH3 is 1. The molecule has 1 atom stereocenters. The first-order chi connectivity index (χ1) is 9.62. The summed E-state index contributed by atoms with van der Waals surface area (Å²) in [6, 6.07) is 7.41. The molecule has 5 nitrogen and oxygen atoms in total. The number of nitrogens with two attached hydrogens (primary N) is 1. The maximum Gasteiger partial charge on any atom is 0.241 e. The molecule has 0 heterocycles. The van der Waals surface area contributed by atoms with Crippen molar-refractivity contribution in [2.45, 2.75) is 26.4 Å². The topological polar surface area (TPSA) is 67.6 Å². The van der Waals surface area contributed by atoms with Gasteiger partial charge in [-0.05, 0) is 31.2 Å². The molecule has 0 fully saturated rings. The lowest BCUT2D eigenvalue weighted by molar-refractivity contribution is -0.120. The van der Waals surface area contributed by atoms with Gasteiger partial charge in [-0.1, -0.05) is 19.1 Å². The number of likely N-dealkylation sites (N-methyl/N-ethyl adjacent to an activating group) is 1. The maximum atomic E-state index is 12.3. The number of benzene rings is 1. The fourth-order valence-corrected chi connectivity index (χ4v) is 2.02. The minimum Gasteiger partial charge on any atom is -0.383 e. The summed E-state index contributed by atoms with van der Waals surface area (Å²) < 4.78 is 5.07. The molecular formula is C15H25N3O2. The molecule has 1 unspecified atom stereocenters. The molecule has 0 aliphatic carbocycles. The average molecular weight is 279 g/mol. The van der Waals surface area contributed by atoms with E-state index in [2.05, 4.69) is 10.2 Å². The first kappa shape index (κ1) is 16.6. The Bertz CT molecular complexity index is 423. The van der Waals surface area contributed by atoms with Crippen LogP contribution in [-0.2, 0) is 16.1 Å². The second kappa shape index (κ2) is 8.68. The van der Waals surface area contributed by atoms with Crippen LogP contribution in [0.1, 0.15) is 19.4 Å². The molecule has 0 bridgehead atoms. The van der Waals surface area contributed by atoms with Crippen LogP contribution in [0.15, 0.2) is 24.3 Å². The van der Waals surface area contributed by atoms with Crippen molar-refractivity contribution in [1.29, 1.82) is 0 Å². The second-order valence-electron chi connectivity index (χ2n) is 4.69. The predicted octanol–water partition coefficient (Wildman–Crippen LogP) is 1.44. The Balaban J connectivity index is 2.63. The highest BCUT2D eigenvalue weighted by Crippen LogP contribution is 2.11. The van der Waals surface area contributed by atoms with E-state index in [1.165, 1.54) is 0 Å². The van der Waals surface area contributed by atoms with E-state index in [0.29, 0.717) is 13.2 Å². The largest absolute Gasteiger partial charge is 0.383 e. The van der Waals surface area contributed by atoms with Crippen molar-refractivity contribution in [2.24, 2.45) is 5.73 Å². The first-order valence-electron chi connectivity index (χ1n) is 6.95. The molecule has 5 heteroatoms. The summed E-state index contributed by atoms with van der Waals surface area (Å²) in [6.07, 6.45) is 0. The first-order valence-corrected chi connectivity index (χ1v) is 6.95. The van der Waals surface area contributed by atoms with Gasteiger partial charge in [-0.3, -0.25) is 9.69 Å². The predicted molar refractivity (Wildman–Crippen MR) is 81.5 cm³/mol. The monoisotopic (exact) mass is 279 g/mol. The van der Waals surface area contributed by atoms with Gasteiger partial charge in [0.25, 0.3) is 0 Å². The third-order valence-corrected chi connectivity index (χ3v) is 3.35. The van der Waals surface area contributed by atoms with Gasteiger partial charge in [0.15, 0.2) is 0 Å². The highest BCUT2D eigenvalue weighted by molar-refractivity contribution is 5.94. The van der Waals surface area contributed by atoms with Crippen LogP contribution in [-0.4, -0.2) is 43.7 Å². The van der Waals surface area contributed by atoms with Crippen LogP contribution < -0.4 is 11.1 Å². The third-order valence-electron chi connectivity index (χ3n) is 3.35. The second-order valence-corrected chi connectivity index (χ2v) is 4.69. The van der Waals surface area contributed by atoms with Crippen LogP contribution in [0.3, 0.4) is 0 Å². The van der Waals surface area contributed by atoms with E-state index in [4.69, 9.17) is 10.5 Å². The standard InChI is InChI=1S/C15H25N3O2/c1-4-18(8-9-20-3)12(2)15(19)17-14-7-5-6-13(10-14)11-16/h5-7,10,12H,4,8-9,11,16H2,1-3H3,(H,17,19). The third kappa shape index (κ3) is 4.92. The zero-order chi connectivity index (χ0) is 15.0. The molecule has 0 aliphatic rings. The Morgan fingerprint density at radius 1 is 1.50 bits per heavy atom. The number of carbonyl (C=O) groups is 1. The quantitative estimate of drug-likeness (QED) is 0.755. The van der Waals surface area contributed by atoms with Crippen molar-refractivity contribution < 1.29 is 9.53 Å². The van der Waals surface area contributed by atoms with E-state index < -0.39 is 0 Å². The molecule has 0 radical (unpaired) electrons. The number of nitrogens with one attached hydrogen (secondary N) is 1. The summed E-state index contributed by atoms with van der Waals surface area (Å²) in [5.74, 6) is -0.0166. The number of rotatable bonds is 8. The molecule has 0 spiro atoms. The number of ether oxygens (including phenoxy) is 1. The molecule has 0 aliphatic heterocycles. The fraction of sp³-hybridized carbons (Fsp3) is 0.533. The molecule has 1 amide bonds. The number of carbonyl (C=O) groups excluding carboxylic acids is 1. The maximum absolute atomic E-state index is 12.3. The highest BCUT2D eigenvalue weighted by Gasteiger charge is 2.19. The van der Waals surface area contributed by atoms with Gasteiger partial charge in [-0.15, -0.1) is 0 Å². The van der Waals surface area contributed by atoms with Crippen molar-refractivity contribution in [3.05, 3.63) is 29.8 Å². The summed E-state index contributed by atoms with van der Waals surface area (Å²) >= 11 is 0. The number of anilines is 1. The molecule has 0 aromatic heterocycles. The van der Waals surface area contributed by atoms with E-state index in [0.717, 1.165) is 24.3 Å². The summed E-state index contributed by atoms with van der Waals surface area (Å²) in [5.41, 5.74) is 7.39. The molecule has 1 rings (SSSR count). The number of nitrogens with zero attached hydrogens (tertiary/aromatic N) is 1. The van der Waals surface area contributed by atoms with Gasteiger partial charge in [0, 0.05) is 25.9 Å². The Hall–Kier alpha value is -1.43.